The van der Waals surface area contributed by atoms with Crippen LogP contribution in [0.1, 0.15) is 10.4 Å². The normalized spacial score (nSPS) is 23.0. The molecule has 1 aliphatic heterocycles. The molecule has 0 aliphatic carbocycles. The minimum atomic E-state index is -3.25. The van der Waals surface area contributed by atoms with Crippen molar-refractivity contribution in [2.45, 2.75) is 36.9 Å². The first-order chi connectivity index (χ1) is 11.2. The third-order valence-corrected chi connectivity index (χ3v) is 8.43. The van der Waals surface area contributed by atoms with Gasteiger partial charge in [-0.1, -0.05) is 17.8 Å². The van der Waals surface area contributed by atoms with Gasteiger partial charge in [0.1, 0.15) is 4.83 Å². The molecule has 24 heavy (non-hydrogen) atoms. The number of thioether (sulfide) groups is 1. The maximum atomic E-state index is 12.8. The van der Waals surface area contributed by atoms with Crippen LogP contribution in [0.5, 0.6) is 0 Å². The van der Waals surface area contributed by atoms with E-state index >= 15 is 0 Å². The molecule has 2 atom stereocenters. The number of rotatable bonds is 4. The number of aliphatic hydroxyl groups excluding tert-OH is 1. The molecule has 6 nitrogen and oxygen atoms in total. The van der Waals surface area contributed by atoms with E-state index in [2.05, 4.69) is 11.6 Å². The number of aryl methyl sites for hydroxylation is 2. The first-order valence-corrected chi connectivity index (χ1v) is 10.9. The molecule has 0 amide bonds. The van der Waals surface area contributed by atoms with Crippen LogP contribution in [0, 0.1) is 13.8 Å². The zero-order chi connectivity index (χ0) is 17.6. The Balaban J connectivity index is 2.11. The van der Waals surface area contributed by atoms with Gasteiger partial charge in [-0.2, -0.15) is 0 Å². The largest absolute Gasteiger partial charge is 0.391 e. The van der Waals surface area contributed by atoms with E-state index in [0.717, 1.165) is 22.2 Å². The zero-order valence-electron chi connectivity index (χ0n) is 13.4. The van der Waals surface area contributed by atoms with Crippen LogP contribution in [0.4, 0.5) is 0 Å². The molecule has 1 saturated heterocycles. The van der Waals surface area contributed by atoms with Gasteiger partial charge in [0.2, 0.25) is 0 Å². The summed E-state index contributed by atoms with van der Waals surface area (Å²) in [5.41, 5.74) is 0.768. The molecule has 1 aliphatic rings. The van der Waals surface area contributed by atoms with Crippen LogP contribution in [0.3, 0.4) is 0 Å². The van der Waals surface area contributed by atoms with Gasteiger partial charge in [0.25, 0.3) is 5.56 Å². The Labute approximate surface area is 148 Å². The number of aromatic nitrogens is 2. The van der Waals surface area contributed by atoms with Gasteiger partial charge in [-0.15, -0.1) is 17.9 Å². The SMILES string of the molecule is C=CCn1c(S[C@@H]2CS(=O)(=O)C[C@@H]2O)nc2sc(C)c(C)c2c1=O. The summed E-state index contributed by atoms with van der Waals surface area (Å²) in [4.78, 5) is 19.1. The highest BCUT2D eigenvalue weighted by Crippen LogP contribution is 2.33. The van der Waals surface area contributed by atoms with Gasteiger partial charge in [-0.3, -0.25) is 9.36 Å². The van der Waals surface area contributed by atoms with Crippen LogP contribution in [-0.4, -0.2) is 45.9 Å². The maximum Gasteiger partial charge on any atom is 0.263 e. The average Bonchev–Trinajstić information content (AvgIpc) is 2.90. The Hall–Kier alpha value is -1.16. The summed E-state index contributed by atoms with van der Waals surface area (Å²) in [5.74, 6) is -0.348. The molecule has 3 rings (SSSR count). The molecule has 0 aromatic carbocycles. The molecule has 0 bridgehead atoms. The predicted molar refractivity (Wildman–Crippen MR) is 97.9 cm³/mol. The van der Waals surface area contributed by atoms with Crippen LogP contribution >= 0.6 is 23.1 Å². The number of hydrogen-bond acceptors (Lipinski definition) is 7. The van der Waals surface area contributed by atoms with Gasteiger partial charge >= 0.3 is 0 Å². The van der Waals surface area contributed by atoms with Gasteiger partial charge < -0.3 is 5.11 Å². The van der Waals surface area contributed by atoms with Crippen molar-refractivity contribution in [2.24, 2.45) is 0 Å². The van der Waals surface area contributed by atoms with Crippen molar-refractivity contribution in [3.63, 3.8) is 0 Å². The molecular weight excluding hydrogens is 368 g/mol. The minimum Gasteiger partial charge on any atom is -0.391 e. The van der Waals surface area contributed by atoms with Gasteiger partial charge in [0, 0.05) is 11.4 Å². The third kappa shape index (κ3) is 3.05. The fraction of sp³-hybridized carbons (Fsp3) is 0.467. The van der Waals surface area contributed by atoms with Crippen LogP contribution < -0.4 is 5.56 Å². The first-order valence-electron chi connectivity index (χ1n) is 7.40. The van der Waals surface area contributed by atoms with Crippen LogP contribution in [-0.2, 0) is 16.4 Å². The van der Waals surface area contributed by atoms with E-state index in [1.807, 2.05) is 13.8 Å². The number of nitrogens with zero attached hydrogens (tertiary/aromatic N) is 2. The first kappa shape index (κ1) is 17.7. The second-order valence-electron chi connectivity index (χ2n) is 5.86. The number of aliphatic hydroxyl groups is 1. The van der Waals surface area contributed by atoms with Crippen LogP contribution in [0.25, 0.3) is 10.2 Å². The van der Waals surface area contributed by atoms with Gasteiger partial charge in [-0.25, -0.2) is 13.4 Å². The summed E-state index contributed by atoms with van der Waals surface area (Å²) in [6, 6.07) is 0. The minimum absolute atomic E-state index is 0.108. The Bertz CT molecular complexity index is 975. The van der Waals surface area contributed by atoms with E-state index in [-0.39, 0.29) is 23.6 Å². The summed E-state index contributed by atoms with van der Waals surface area (Å²) in [6.07, 6.45) is 0.659. The van der Waals surface area contributed by atoms with E-state index in [1.54, 1.807) is 6.08 Å². The molecule has 2 aromatic rings. The van der Waals surface area contributed by atoms with Gasteiger partial charge in [0.15, 0.2) is 15.0 Å². The van der Waals surface area contributed by atoms with Crippen molar-refractivity contribution in [1.29, 1.82) is 0 Å². The van der Waals surface area contributed by atoms with Crippen molar-refractivity contribution in [3.05, 3.63) is 33.4 Å². The third-order valence-electron chi connectivity index (χ3n) is 4.09. The maximum absolute atomic E-state index is 12.8. The highest BCUT2D eigenvalue weighted by molar-refractivity contribution is 8.01. The molecule has 130 valence electrons. The molecule has 0 unspecified atom stereocenters. The summed E-state index contributed by atoms with van der Waals surface area (Å²) >= 11 is 2.60. The van der Waals surface area contributed by atoms with E-state index in [0.29, 0.717) is 15.4 Å². The van der Waals surface area contributed by atoms with E-state index in [9.17, 15) is 18.3 Å². The molecular formula is C15H18N2O4S3. The van der Waals surface area contributed by atoms with Gasteiger partial charge in [0.05, 0.1) is 28.2 Å². The van der Waals surface area contributed by atoms with Crippen LogP contribution in [0.2, 0.25) is 0 Å². The second kappa shape index (κ2) is 6.29. The van der Waals surface area contributed by atoms with Crippen molar-refractivity contribution in [3.8, 4) is 0 Å². The Morgan fingerprint density at radius 2 is 2.17 bits per heavy atom. The predicted octanol–water partition coefficient (Wildman–Crippen LogP) is 1.51. The van der Waals surface area contributed by atoms with Crippen molar-refractivity contribution in [1.82, 2.24) is 9.55 Å². The topological polar surface area (TPSA) is 89.3 Å². The molecule has 1 fully saturated rings. The van der Waals surface area contributed by atoms with Crippen molar-refractivity contribution >= 4 is 43.2 Å². The van der Waals surface area contributed by atoms with Crippen LogP contribution in [0.15, 0.2) is 22.6 Å². The lowest BCUT2D eigenvalue weighted by molar-refractivity contribution is 0.207. The van der Waals surface area contributed by atoms with Crippen molar-refractivity contribution in [2.75, 3.05) is 11.5 Å². The molecule has 2 aromatic heterocycles. The summed E-state index contributed by atoms with van der Waals surface area (Å²) in [5, 5.41) is 10.5. The number of thiophene rings is 1. The average molecular weight is 387 g/mol. The van der Waals surface area contributed by atoms with E-state index in [4.69, 9.17) is 0 Å². The number of sulfone groups is 1. The van der Waals surface area contributed by atoms with Gasteiger partial charge in [-0.05, 0) is 19.4 Å². The Kier molecular flexibility index (Phi) is 4.63. The lowest BCUT2D eigenvalue weighted by Gasteiger charge is -2.15. The lowest BCUT2D eigenvalue weighted by atomic mass is 10.2. The molecule has 3 heterocycles. The lowest BCUT2D eigenvalue weighted by Crippen LogP contribution is -2.26. The van der Waals surface area contributed by atoms with E-state index < -0.39 is 21.2 Å². The second-order valence-corrected chi connectivity index (χ2v) is 10.4. The number of allylic oxidation sites excluding steroid dienone is 1. The monoisotopic (exact) mass is 386 g/mol. The van der Waals surface area contributed by atoms with Crippen molar-refractivity contribution < 1.29 is 13.5 Å². The standard InChI is InChI=1S/C15H18N2O4S3/c1-4-5-17-14(19)12-8(2)9(3)22-13(12)16-15(17)23-11-7-24(20,21)6-10(11)18/h4,10-11,18H,1,5-7H2,2-3H3/t10-,11+/m0/s1. The molecule has 9 heteroatoms. The smallest absolute Gasteiger partial charge is 0.263 e. The molecule has 0 spiro atoms. The quantitative estimate of drug-likeness (QED) is 0.633. The Morgan fingerprint density at radius 3 is 2.75 bits per heavy atom. The molecule has 0 saturated carbocycles. The fourth-order valence-corrected chi connectivity index (χ4v) is 7.39. The summed E-state index contributed by atoms with van der Waals surface area (Å²) in [6.45, 7) is 7.80. The number of fused-ring (bicyclic) bond motifs is 1. The Morgan fingerprint density at radius 1 is 1.46 bits per heavy atom. The van der Waals surface area contributed by atoms with E-state index in [1.165, 1.54) is 15.9 Å². The zero-order valence-corrected chi connectivity index (χ0v) is 15.8. The summed E-state index contributed by atoms with van der Waals surface area (Å²) in [7, 11) is -3.25. The molecule has 0 radical (unpaired) electrons. The number of hydrogen-bond donors (Lipinski definition) is 1. The highest BCUT2D eigenvalue weighted by Gasteiger charge is 2.38. The summed E-state index contributed by atoms with van der Waals surface area (Å²) < 4.78 is 24.9. The molecule has 1 N–H and O–H groups in total. The fourth-order valence-electron chi connectivity index (χ4n) is 2.73. The highest BCUT2D eigenvalue weighted by atomic mass is 32.2.